The van der Waals surface area contributed by atoms with Crippen LogP contribution in [0.3, 0.4) is 0 Å². The highest BCUT2D eigenvalue weighted by Gasteiger charge is 2.19. The second kappa shape index (κ2) is 5.56. The van der Waals surface area contributed by atoms with Gasteiger partial charge in [0, 0.05) is 12.6 Å². The number of unbranched alkanes of at least 4 members (excludes halogenated alkanes) is 3. The van der Waals surface area contributed by atoms with E-state index in [1.807, 2.05) is 0 Å². The first-order chi connectivity index (χ1) is 5.43. The monoisotopic (exact) mass is 157 g/mol. The minimum absolute atomic E-state index is 0.357. The maximum Gasteiger partial charge on any atom is 0.0431 e. The van der Waals surface area contributed by atoms with Gasteiger partial charge >= 0.3 is 0 Å². The van der Waals surface area contributed by atoms with Crippen LogP contribution in [0.5, 0.6) is 0 Å². The summed E-state index contributed by atoms with van der Waals surface area (Å²) in [4.78, 5) is 0. The van der Waals surface area contributed by atoms with Gasteiger partial charge < -0.3 is 10.4 Å². The van der Waals surface area contributed by atoms with E-state index in [0.717, 1.165) is 12.5 Å². The molecule has 1 fully saturated rings. The lowest BCUT2D eigenvalue weighted by Crippen LogP contribution is -2.17. The van der Waals surface area contributed by atoms with Crippen LogP contribution in [0.1, 0.15) is 38.5 Å². The zero-order valence-electron chi connectivity index (χ0n) is 7.18. The number of aliphatic hydroxyl groups is 1. The van der Waals surface area contributed by atoms with Crippen LogP contribution in [0.2, 0.25) is 0 Å². The molecule has 11 heavy (non-hydrogen) atoms. The van der Waals surface area contributed by atoms with Crippen molar-refractivity contribution in [1.29, 1.82) is 0 Å². The van der Waals surface area contributed by atoms with Gasteiger partial charge in [-0.25, -0.2) is 0 Å². The van der Waals surface area contributed by atoms with E-state index in [2.05, 4.69) is 5.32 Å². The molecule has 0 radical (unpaired) electrons. The van der Waals surface area contributed by atoms with Crippen molar-refractivity contribution >= 4 is 0 Å². The van der Waals surface area contributed by atoms with E-state index in [4.69, 9.17) is 5.11 Å². The highest BCUT2D eigenvalue weighted by Crippen LogP contribution is 2.18. The Morgan fingerprint density at radius 3 is 2.45 bits per heavy atom. The second-order valence-corrected chi connectivity index (χ2v) is 3.37. The number of hydrogen-bond donors (Lipinski definition) is 2. The quantitative estimate of drug-likeness (QED) is 0.546. The molecule has 0 bridgehead atoms. The van der Waals surface area contributed by atoms with Gasteiger partial charge in [-0.15, -0.1) is 0 Å². The van der Waals surface area contributed by atoms with Crippen molar-refractivity contribution in [2.45, 2.75) is 44.6 Å². The summed E-state index contributed by atoms with van der Waals surface area (Å²) in [6.45, 7) is 1.53. The Bertz CT molecular complexity index is 91.6. The fourth-order valence-corrected chi connectivity index (χ4v) is 1.18. The highest BCUT2D eigenvalue weighted by atomic mass is 16.2. The Morgan fingerprint density at radius 1 is 1.09 bits per heavy atom. The van der Waals surface area contributed by atoms with E-state index in [1.165, 1.54) is 38.6 Å². The molecule has 2 N–H and O–H groups in total. The lowest BCUT2D eigenvalue weighted by atomic mass is 10.2. The largest absolute Gasteiger partial charge is 0.396 e. The first kappa shape index (κ1) is 9.01. The van der Waals surface area contributed by atoms with Gasteiger partial charge in [-0.1, -0.05) is 12.8 Å². The van der Waals surface area contributed by atoms with Gasteiger partial charge in [0.1, 0.15) is 0 Å². The van der Waals surface area contributed by atoms with Crippen LogP contribution in [0.4, 0.5) is 0 Å². The van der Waals surface area contributed by atoms with Crippen molar-refractivity contribution in [2.24, 2.45) is 0 Å². The smallest absolute Gasteiger partial charge is 0.0431 e. The van der Waals surface area contributed by atoms with Crippen molar-refractivity contribution in [3.63, 3.8) is 0 Å². The molecule has 2 nitrogen and oxygen atoms in total. The predicted molar refractivity (Wildman–Crippen MR) is 46.6 cm³/mol. The van der Waals surface area contributed by atoms with Crippen molar-refractivity contribution in [1.82, 2.24) is 5.32 Å². The molecule has 1 rings (SSSR count). The summed E-state index contributed by atoms with van der Waals surface area (Å²) >= 11 is 0. The van der Waals surface area contributed by atoms with Gasteiger partial charge in [-0.05, 0) is 32.2 Å². The van der Waals surface area contributed by atoms with Crippen LogP contribution in [0.25, 0.3) is 0 Å². The van der Waals surface area contributed by atoms with Gasteiger partial charge in [0.2, 0.25) is 0 Å². The third-order valence-electron chi connectivity index (χ3n) is 2.10. The Morgan fingerprint density at radius 2 is 1.82 bits per heavy atom. The zero-order chi connectivity index (χ0) is 7.94. The van der Waals surface area contributed by atoms with Crippen LogP contribution in [-0.4, -0.2) is 24.3 Å². The molecule has 1 saturated carbocycles. The van der Waals surface area contributed by atoms with Crippen molar-refractivity contribution in [2.75, 3.05) is 13.2 Å². The molecule has 0 unspecified atom stereocenters. The van der Waals surface area contributed by atoms with E-state index in [0.29, 0.717) is 6.61 Å². The Labute approximate surface area is 69.0 Å². The van der Waals surface area contributed by atoms with Crippen molar-refractivity contribution in [3.8, 4) is 0 Å². The lowest BCUT2D eigenvalue weighted by molar-refractivity contribution is 0.282. The van der Waals surface area contributed by atoms with Gasteiger partial charge in [-0.2, -0.15) is 0 Å². The van der Waals surface area contributed by atoms with E-state index in [1.54, 1.807) is 0 Å². The molecular weight excluding hydrogens is 138 g/mol. The number of rotatable bonds is 7. The second-order valence-electron chi connectivity index (χ2n) is 3.37. The standard InChI is InChI=1S/C9H19NO/c11-8-4-2-1-3-7-10-9-5-6-9/h9-11H,1-8H2. The summed E-state index contributed by atoms with van der Waals surface area (Å²) in [5.41, 5.74) is 0. The molecule has 0 saturated heterocycles. The minimum Gasteiger partial charge on any atom is -0.396 e. The molecule has 66 valence electrons. The van der Waals surface area contributed by atoms with Gasteiger partial charge in [0.05, 0.1) is 0 Å². The van der Waals surface area contributed by atoms with Crippen LogP contribution in [0, 0.1) is 0 Å². The van der Waals surface area contributed by atoms with Crippen LogP contribution < -0.4 is 5.32 Å². The molecule has 0 aromatic rings. The number of nitrogens with one attached hydrogen (secondary N) is 1. The normalized spacial score (nSPS) is 17.2. The summed E-state index contributed by atoms with van der Waals surface area (Å²) in [6.07, 6.45) is 7.47. The molecule has 1 aliphatic carbocycles. The molecule has 0 amide bonds. The molecule has 0 aliphatic heterocycles. The van der Waals surface area contributed by atoms with Gasteiger partial charge in [0.15, 0.2) is 0 Å². The van der Waals surface area contributed by atoms with E-state index < -0.39 is 0 Å². The molecule has 0 atom stereocenters. The summed E-state index contributed by atoms with van der Waals surface area (Å²) in [7, 11) is 0. The van der Waals surface area contributed by atoms with Gasteiger partial charge in [-0.3, -0.25) is 0 Å². The average Bonchev–Trinajstić information content (AvgIpc) is 2.80. The zero-order valence-corrected chi connectivity index (χ0v) is 7.18. The first-order valence-corrected chi connectivity index (χ1v) is 4.77. The van der Waals surface area contributed by atoms with Crippen molar-refractivity contribution in [3.05, 3.63) is 0 Å². The Balaban J connectivity index is 1.66. The number of aliphatic hydroxyl groups excluding tert-OH is 1. The summed E-state index contributed by atoms with van der Waals surface area (Å²) in [5.74, 6) is 0. The predicted octanol–water partition coefficient (Wildman–Crippen LogP) is 1.29. The summed E-state index contributed by atoms with van der Waals surface area (Å²) in [5, 5.41) is 12.0. The fourth-order valence-electron chi connectivity index (χ4n) is 1.18. The molecule has 0 spiro atoms. The highest BCUT2D eigenvalue weighted by molar-refractivity contribution is 4.80. The van der Waals surface area contributed by atoms with E-state index >= 15 is 0 Å². The molecule has 0 aromatic heterocycles. The first-order valence-electron chi connectivity index (χ1n) is 4.77. The molecular formula is C9H19NO. The topological polar surface area (TPSA) is 32.3 Å². The van der Waals surface area contributed by atoms with Crippen LogP contribution in [-0.2, 0) is 0 Å². The molecule has 1 aliphatic rings. The van der Waals surface area contributed by atoms with E-state index in [-0.39, 0.29) is 0 Å². The lowest BCUT2D eigenvalue weighted by Gasteiger charge is -2.01. The SMILES string of the molecule is OCCCCCCNC1CC1. The Kier molecular flexibility index (Phi) is 4.55. The molecule has 0 aromatic carbocycles. The molecule has 0 heterocycles. The van der Waals surface area contributed by atoms with Gasteiger partial charge in [0.25, 0.3) is 0 Å². The Hall–Kier alpha value is -0.0800. The van der Waals surface area contributed by atoms with Crippen LogP contribution in [0.15, 0.2) is 0 Å². The maximum atomic E-state index is 8.51. The van der Waals surface area contributed by atoms with Crippen LogP contribution >= 0.6 is 0 Å². The molecule has 2 heteroatoms. The van der Waals surface area contributed by atoms with E-state index in [9.17, 15) is 0 Å². The fraction of sp³-hybridized carbons (Fsp3) is 1.00. The maximum absolute atomic E-state index is 8.51. The summed E-state index contributed by atoms with van der Waals surface area (Å²) in [6, 6.07) is 0.854. The third kappa shape index (κ3) is 5.22. The average molecular weight is 157 g/mol. The summed E-state index contributed by atoms with van der Waals surface area (Å²) < 4.78 is 0. The number of hydrogen-bond acceptors (Lipinski definition) is 2. The van der Waals surface area contributed by atoms with Crippen molar-refractivity contribution < 1.29 is 5.11 Å². The minimum atomic E-state index is 0.357. The third-order valence-corrected chi connectivity index (χ3v) is 2.10.